The predicted octanol–water partition coefficient (Wildman–Crippen LogP) is 3.48. The van der Waals surface area contributed by atoms with Crippen molar-refractivity contribution in [2.24, 2.45) is 5.92 Å². The van der Waals surface area contributed by atoms with Crippen LogP contribution in [0.1, 0.15) is 67.8 Å². The first-order chi connectivity index (χ1) is 21.3. The van der Waals surface area contributed by atoms with E-state index in [2.05, 4.69) is 22.5 Å². The Labute approximate surface area is 260 Å². The van der Waals surface area contributed by atoms with Crippen molar-refractivity contribution in [3.8, 4) is 11.5 Å². The van der Waals surface area contributed by atoms with Crippen LogP contribution in [0.2, 0.25) is 0 Å². The van der Waals surface area contributed by atoms with Crippen LogP contribution in [0.5, 0.6) is 11.5 Å². The van der Waals surface area contributed by atoms with E-state index < -0.39 is 17.7 Å². The maximum Gasteiger partial charge on any atom is 0.251 e. The van der Waals surface area contributed by atoms with Gasteiger partial charge in [0.2, 0.25) is 11.8 Å². The summed E-state index contributed by atoms with van der Waals surface area (Å²) in [7, 11) is 1.60. The summed E-state index contributed by atoms with van der Waals surface area (Å²) in [5, 5.41) is 16.6. The Morgan fingerprint density at radius 2 is 1.70 bits per heavy atom. The van der Waals surface area contributed by atoms with Gasteiger partial charge in [-0.3, -0.25) is 19.3 Å². The largest absolute Gasteiger partial charge is 0.457 e. The van der Waals surface area contributed by atoms with Crippen molar-refractivity contribution in [2.45, 2.75) is 76.1 Å². The molecule has 5 rings (SSSR count). The molecule has 0 radical (unpaired) electrons. The first kappa shape index (κ1) is 31.9. The summed E-state index contributed by atoms with van der Waals surface area (Å²) in [5.74, 6) is 1.24. The lowest BCUT2D eigenvalue weighted by Crippen LogP contribution is -2.74. The molecule has 0 aliphatic carbocycles. The summed E-state index contributed by atoms with van der Waals surface area (Å²) in [4.78, 5) is 43.4. The van der Waals surface area contributed by atoms with Crippen molar-refractivity contribution < 1.29 is 29.0 Å². The van der Waals surface area contributed by atoms with Crippen LogP contribution in [0.15, 0.2) is 48.5 Å². The van der Waals surface area contributed by atoms with E-state index in [9.17, 15) is 19.5 Å². The van der Waals surface area contributed by atoms with Gasteiger partial charge in [0.1, 0.15) is 23.1 Å². The van der Waals surface area contributed by atoms with Gasteiger partial charge in [-0.15, -0.1) is 0 Å². The lowest BCUT2D eigenvalue weighted by molar-refractivity contribution is -0.165. The Bertz CT molecular complexity index is 1270. The minimum Gasteiger partial charge on any atom is -0.457 e. The SMILES string of the molecule is CCCCN1C(=O)[C@@H]([C@H](O)CC2CCOCC2)NC(=O)C12CCN(Cc1ccc(Oc3ccc(C(=O)NC)cc3)cc1)CC2. The maximum atomic E-state index is 13.8. The lowest BCUT2D eigenvalue weighted by atomic mass is 9.80. The van der Waals surface area contributed by atoms with Crippen LogP contribution in [0, 0.1) is 5.92 Å². The standard InChI is InChI=1S/C34H46N4O6/c1-3-4-17-38-32(41)30(29(39)22-24-13-20-43-21-14-24)36-33(42)34(38)15-18-37(19-16-34)23-25-5-9-27(10-6-25)44-28-11-7-26(8-12-28)31(40)35-2/h5-12,24,29-30,39H,3-4,13-23H2,1-2H3,(H,35,40)(H,36,42)/t29-,30-/m1/s1. The molecule has 3 fully saturated rings. The molecule has 238 valence electrons. The molecule has 3 saturated heterocycles. The average Bonchev–Trinajstić information content (AvgIpc) is 3.05. The van der Waals surface area contributed by atoms with Gasteiger partial charge >= 0.3 is 0 Å². The minimum atomic E-state index is -0.898. The molecule has 3 aliphatic heterocycles. The van der Waals surface area contributed by atoms with E-state index in [1.807, 2.05) is 24.3 Å². The van der Waals surface area contributed by atoms with Gasteiger partial charge in [-0.25, -0.2) is 0 Å². The van der Waals surface area contributed by atoms with E-state index in [0.29, 0.717) is 75.1 Å². The topological polar surface area (TPSA) is 120 Å². The summed E-state index contributed by atoms with van der Waals surface area (Å²) in [6, 6.07) is 14.0. The zero-order valence-corrected chi connectivity index (χ0v) is 25.9. The molecule has 3 amide bonds. The molecule has 10 heteroatoms. The highest BCUT2D eigenvalue weighted by molar-refractivity contribution is 6.00. The number of rotatable bonds is 11. The van der Waals surface area contributed by atoms with E-state index in [4.69, 9.17) is 9.47 Å². The smallest absolute Gasteiger partial charge is 0.251 e. The molecule has 1 spiro atoms. The van der Waals surface area contributed by atoms with Gasteiger partial charge in [0, 0.05) is 52.0 Å². The Morgan fingerprint density at radius 1 is 1.07 bits per heavy atom. The Morgan fingerprint density at radius 3 is 2.32 bits per heavy atom. The second kappa shape index (κ2) is 14.5. The second-order valence-electron chi connectivity index (χ2n) is 12.3. The number of nitrogens with one attached hydrogen (secondary N) is 2. The zero-order valence-electron chi connectivity index (χ0n) is 25.9. The summed E-state index contributed by atoms with van der Waals surface area (Å²) in [6.45, 7) is 6.08. The number of unbranched alkanes of at least 4 members (excludes halogenated alkanes) is 1. The average molecular weight is 607 g/mol. The van der Waals surface area contributed by atoms with Crippen LogP contribution < -0.4 is 15.4 Å². The number of piperidine rings is 1. The highest BCUT2D eigenvalue weighted by Gasteiger charge is 2.54. The molecule has 3 aliphatic rings. The number of carbonyl (C=O) groups excluding carboxylic acids is 3. The normalized spacial score (nSPS) is 21.6. The fraction of sp³-hybridized carbons (Fsp3) is 0.559. The number of hydrogen-bond acceptors (Lipinski definition) is 7. The molecule has 10 nitrogen and oxygen atoms in total. The van der Waals surface area contributed by atoms with E-state index in [1.54, 1.807) is 36.2 Å². The van der Waals surface area contributed by atoms with Crippen LogP contribution in [0.25, 0.3) is 0 Å². The van der Waals surface area contributed by atoms with E-state index in [0.717, 1.165) is 37.8 Å². The maximum absolute atomic E-state index is 13.8. The van der Waals surface area contributed by atoms with E-state index in [-0.39, 0.29) is 17.7 Å². The molecule has 3 heterocycles. The molecule has 0 bridgehead atoms. The van der Waals surface area contributed by atoms with Crippen molar-refractivity contribution in [2.75, 3.05) is 39.9 Å². The fourth-order valence-electron chi connectivity index (χ4n) is 6.65. The molecule has 3 N–H and O–H groups in total. The molecule has 0 unspecified atom stereocenters. The Hall–Kier alpha value is -3.47. The number of carbonyl (C=O) groups is 3. The molecule has 2 atom stereocenters. The number of hydrogen-bond donors (Lipinski definition) is 3. The first-order valence-corrected chi connectivity index (χ1v) is 16.0. The summed E-state index contributed by atoms with van der Waals surface area (Å²) in [6.07, 6.45) is 4.20. The second-order valence-corrected chi connectivity index (χ2v) is 12.3. The van der Waals surface area contributed by atoms with Gasteiger partial charge in [0.15, 0.2) is 0 Å². The van der Waals surface area contributed by atoms with Gasteiger partial charge in [-0.1, -0.05) is 25.5 Å². The van der Waals surface area contributed by atoms with Crippen molar-refractivity contribution in [1.29, 1.82) is 0 Å². The minimum absolute atomic E-state index is 0.131. The van der Waals surface area contributed by atoms with Gasteiger partial charge in [0.25, 0.3) is 5.91 Å². The number of amides is 3. The van der Waals surface area contributed by atoms with Gasteiger partial charge in [-0.05, 0) is 86.4 Å². The van der Waals surface area contributed by atoms with Crippen LogP contribution in [-0.4, -0.2) is 90.2 Å². The quantitative estimate of drug-likeness (QED) is 0.358. The van der Waals surface area contributed by atoms with Crippen LogP contribution in [-0.2, 0) is 20.9 Å². The van der Waals surface area contributed by atoms with Gasteiger partial charge in [-0.2, -0.15) is 0 Å². The molecule has 44 heavy (non-hydrogen) atoms. The highest BCUT2D eigenvalue weighted by atomic mass is 16.5. The third-order valence-electron chi connectivity index (χ3n) is 9.39. The number of aliphatic hydroxyl groups is 1. The molecule has 2 aromatic rings. The van der Waals surface area contributed by atoms with Crippen LogP contribution in [0.4, 0.5) is 0 Å². The van der Waals surface area contributed by atoms with Gasteiger partial charge < -0.3 is 30.1 Å². The third-order valence-corrected chi connectivity index (χ3v) is 9.39. The van der Waals surface area contributed by atoms with Crippen molar-refractivity contribution in [3.05, 3.63) is 59.7 Å². The Kier molecular flexibility index (Phi) is 10.6. The number of aliphatic hydroxyl groups excluding tert-OH is 1. The van der Waals surface area contributed by atoms with E-state index >= 15 is 0 Å². The molecule has 0 saturated carbocycles. The van der Waals surface area contributed by atoms with E-state index in [1.165, 1.54) is 0 Å². The fourth-order valence-corrected chi connectivity index (χ4v) is 6.65. The number of benzene rings is 2. The zero-order chi connectivity index (χ0) is 31.1. The predicted molar refractivity (Wildman–Crippen MR) is 166 cm³/mol. The van der Waals surface area contributed by atoms with Crippen molar-refractivity contribution in [1.82, 2.24) is 20.4 Å². The Balaban J connectivity index is 1.18. The third kappa shape index (κ3) is 7.25. The molecule has 0 aromatic heterocycles. The monoisotopic (exact) mass is 606 g/mol. The number of nitrogens with zero attached hydrogens (tertiary/aromatic N) is 2. The van der Waals surface area contributed by atoms with Crippen LogP contribution in [0.3, 0.4) is 0 Å². The number of ether oxygens (including phenoxy) is 2. The number of likely N-dealkylation sites (tertiary alicyclic amines) is 1. The summed E-state index contributed by atoms with van der Waals surface area (Å²) in [5.41, 5.74) is 0.833. The van der Waals surface area contributed by atoms with Crippen molar-refractivity contribution in [3.63, 3.8) is 0 Å². The summed E-state index contributed by atoms with van der Waals surface area (Å²) < 4.78 is 11.4. The molecular weight excluding hydrogens is 560 g/mol. The van der Waals surface area contributed by atoms with Gasteiger partial charge in [0.05, 0.1) is 6.10 Å². The van der Waals surface area contributed by atoms with Crippen LogP contribution >= 0.6 is 0 Å². The number of piperazine rings is 1. The molecule has 2 aromatic carbocycles. The van der Waals surface area contributed by atoms with Crippen molar-refractivity contribution >= 4 is 17.7 Å². The first-order valence-electron chi connectivity index (χ1n) is 16.0. The summed E-state index contributed by atoms with van der Waals surface area (Å²) >= 11 is 0. The molecular formula is C34H46N4O6. The highest BCUT2D eigenvalue weighted by Crippen LogP contribution is 2.35. The lowest BCUT2D eigenvalue weighted by Gasteiger charge is -2.52.